The molecule has 0 aliphatic carbocycles. The molecule has 0 radical (unpaired) electrons. The van der Waals surface area contributed by atoms with Gasteiger partial charge in [-0.15, -0.1) is 11.8 Å². The standard InChI is InChI=1S/C9H10BrFS/c1-5-6(2)9(11)8(12-3)4-7(5)10/h4H,1-3H3. The van der Waals surface area contributed by atoms with Crippen molar-refractivity contribution in [3.63, 3.8) is 0 Å². The monoisotopic (exact) mass is 248 g/mol. The number of halogens is 2. The fourth-order valence-electron chi connectivity index (χ4n) is 0.964. The second-order valence-corrected chi connectivity index (χ2v) is 4.33. The van der Waals surface area contributed by atoms with Crippen molar-refractivity contribution in [1.29, 1.82) is 0 Å². The van der Waals surface area contributed by atoms with Crippen LogP contribution in [0.5, 0.6) is 0 Å². The smallest absolute Gasteiger partial charge is 0.139 e. The first-order valence-electron chi connectivity index (χ1n) is 3.57. The lowest BCUT2D eigenvalue weighted by molar-refractivity contribution is 0.590. The fraction of sp³-hybridized carbons (Fsp3) is 0.333. The summed E-state index contributed by atoms with van der Waals surface area (Å²) in [4.78, 5) is 0.699. The fourth-order valence-corrected chi connectivity index (χ4v) is 2.21. The maximum Gasteiger partial charge on any atom is 0.139 e. The van der Waals surface area contributed by atoms with Crippen LogP contribution in [0.2, 0.25) is 0 Å². The zero-order chi connectivity index (χ0) is 9.30. The highest BCUT2D eigenvalue weighted by Crippen LogP contribution is 2.29. The van der Waals surface area contributed by atoms with E-state index in [0.29, 0.717) is 4.90 Å². The minimum Gasteiger partial charge on any atom is -0.205 e. The van der Waals surface area contributed by atoms with Crippen LogP contribution in [-0.4, -0.2) is 6.26 Å². The molecule has 0 saturated carbocycles. The second kappa shape index (κ2) is 3.79. The maximum atomic E-state index is 13.4. The molecule has 0 nitrogen and oxygen atoms in total. The van der Waals surface area contributed by atoms with Gasteiger partial charge in [-0.05, 0) is 37.3 Å². The van der Waals surface area contributed by atoms with Gasteiger partial charge < -0.3 is 0 Å². The summed E-state index contributed by atoms with van der Waals surface area (Å²) in [5.74, 6) is -0.0943. The molecule has 0 N–H and O–H groups in total. The number of rotatable bonds is 1. The van der Waals surface area contributed by atoms with E-state index < -0.39 is 0 Å². The van der Waals surface area contributed by atoms with E-state index in [4.69, 9.17) is 0 Å². The molecule has 0 aromatic heterocycles. The van der Waals surface area contributed by atoms with Crippen LogP contribution in [0.15, 0.2) is 15.4 Å². The van der Waals surface area contributed by atoms with Crippen molar-refractivity contribution in [3.8, 4) is 0 Å². The summed E-state index contributed by atoms with van der Waals surface area (Å²) in [6, 6.07) is 1.82. The average molecular weight is 249 g/mol. The summed E-state index contributed by atoms with van der Waals surface area (Å²) in [6.45, 7) is 3.71. The quantitative estimate of drug-likeness (QED) is 0.679. The molecule has 0 bridgehead atoms. The molecule has 66 valence electrons. The summed E-state index contributed by atoms with van der Waals surface area (Å²) in [7, 11) is 0. The highest BCUT2D eigenvalue weighted by atomic mass is 79.9. The molecule has 1 aromatic rings. The van der Waals surface area contributed by atoms with Crippen molar-refractivity contribution in [2.45, 2.75) is 18.7 Å². The van der Waals surface area contributed by atoms with Gasteiger partial charge in [-0.2, -0.15) is 0 Å². The Kier molecular flexibility index (Phi) is 3.18. The van der Waals surface area contributed by atoms with Crippen molar-refractivity contribution < 1.29 is 4.39 Å². The molecule has 3 heteroatoms. The summed E-state index contributed by atoms with van der Waals surface area (Å²) >= 11 is 4.82. The lowest BCUT2D eigenvalue weighted by Crippen LogP contribution is -1.91. The lowest BCUT2D eigenvalue weighted by Gasteiger charge is -2.07. The van der Waals surface area contributed by atoms with Gasteiger partial charge in [0.1, 0.15) is 5.82 Å². The Morgan fingerprint density at radius 2 is 1.92 bits per heavy atom. The van der Waals surface area contributed by atoms with E-state index in [1.807, 2.05) is 19.2 Å². The van der Waals surface area contributed by atoms with Crippen LogP contribution in [0.1, 0.15) is 11.1 Å². The molecule has 0 amide bonds. The Morgan fingerprint density at radius 3 is 2.42 bits per heavy atom. The first-order valence-corrected chi connectivity index (χ1v) is 5.59. The van der Waals surface area contributed by atoms with Crippen LogP contribution in [0.4, 0.5) is 4.39 Å². The van der Waals surface area contributed by atoms with E-state index in [9.17, 15) is 4.39 Å². The van der Waals surface area contributed by atoms with Crippen LogP contribution in [-0.2, 0) is 0 Å². The van der Waals surface area contributed by atoms with Crippen molar-refractivity contribution >= 4 is 27.7 Å². The number of hydrogen-bond donors (Lipinski definition) is 0. The predicted octanol–water partition coefficient (Wildman–Crippen LogP) is 3.93. The zero-order valence-corrected chi connectivity index (χ0v) is 9.64. The zero-order valence-electron chi connectivity index (χ0n) is 7.24. The third-order valence-electron chi connectivity index (χ3n) is 1.94. The Balaban J connectivity index is 3.39. The van der Waals surface area contributed by atoms with Gasteiger partial charge in [-0.25, -0.2) is 4.39 Å². The summed E-state index contributed by atoms with van der Waals surface area (Å²) in [6.07, 6.45) is 1.87. The molecular weight excluding hydrogens is 239 g/mol. The third kappa shape index (κ3) is 1.67. The molecule has 0 spiro atoms. The summed E-state index contributed by atoms with van der Waals surface area (Å²) in [5.41, 5.74) is 1.71. The lowest BCUT2D eigenvalue weighted by atomic mass is 10.1. The van der Waals surface area contributed by atoms with Gasteiger partial charge in [0.05, 0.1) is 0 Å². The molecular formula is C9H10BrFS. The predicted molar refractivity (Wildman–Crippen MR) is 55.4 cm³/mol. The van der Waals surface area contributed by atoms with Gasteiger partial charge in [-0.1, -0.05) is 15.9 Å². The number of benzene rings is 1. The molecule has 1 rings (SSSR count). The molecule has 1 aromatic carbocycles. The van der Waals surface area contributed by atoms with Crippen LogP contribution in [0.25, 0.3) is 0 Å². The average Bonchev–Trinajstić information content (AvgIpc) is 2.08. The van der Waals surface area contributed by atoms with Gasteiger partial charge in [0.15, 0.2) is 0 Å². The van der Waals surface area contributed by atoms with Crippen molar-refractivity contribution in [2.24, 2.45) is 0 Å². The Hall–Kier alpha value is -0.0200. The molecule has 0 fully saturated rings. The topological polar surface area (TPSA) is 0 Å². The second-order valence-electron chi connectivity index (χ2n) is 2.62. The van der Waals surface area contributed by atoms with Gasteiger partial charge in [0.25, 0.3) is 0 Å². The van der Waals surface area contributed by atoms with Gasteiger partial charge in [0, 0.05) is 9.37 Å². The SMILES string of the molecule is CSc1cc(Br)c(C)c(C)c1F. The minimum absolute atomic E-state index is 0.0943. The van der Waals surface area contributed by atoms with Gasteiger partial charge in [-0.3, -0.25) is 0 Å². The summed E-state index contributed by atoms with van der Waals surface area (Å²) in [5, 5.41) is 0. The van der Waals surface area contributed by atoms with E-state index >= 15 is 0 Å². The number of hydrogen-bond acceptors (Lipinski definition) is 1. The molecule has 0 aliphatic heterocycles. The van der Waals surface area contributed by atoms with Crippen LogP contribution < -0.4 is 0 Å². The molecule has 12 heavy (non-hydrogen) atoms. The normalized spacial score (nSPS) is 10.4. The maximum absolute atomic E-state index is 13.4. The van der Waals surface area contributed by atoms with Crippen LogP contribution in [0, 0.1) is 19.7 Å². The highest BCUT2D eigenvalue weighted by molar-refractivity contribution is 9.10. The first-order chi connectivity index (χ1) is 5.57. The molecule has 0 heterocycles. The Labute approximate surface area is 84.7 Å². The molecule has 0 aliphatic rings. The van der Waals surface area contributed by atoms with E-state index in [-0.39, 0.29) is 5.82 Å². The Bertz CT molecular complexity index is 310. The minimum atomic E-state index is -0.0943. The molecule has 0 atom stereocenters. The van der Waals surface area contributed by atoms with Crippen molar-refractivity contribution in [1.82, 2.24) is 0 Å². The first kappa shape index (κ1) is 10.1. The third-order valence-corrected chi connectivity index (χ3v) is 3.50. The van der Waals surface area contributed by atoms with E-state index in [1.54, 1.807) is 6.92 Å². The number of thioether (sulfide) groups is 1. The van der Waals surface area contributed by atoms with Gasteiger partial charge in [0.2, 0.25) is 0 Å². The molecule has 0 saturated heterocycles. The van der Waals surface area contributed by atoms with Crippen molar-refractivity contribution in [2.75, 3.05) is 6.26 Å². The molecule has 0 unspecified atom stereocenters. The van der Waals surface area contributed by atoms with Crippen LogP contribution >= 0.6 is 27.7 Å². The van der Waals surface area contributed by atoms with Crippen LogP contribution in [0.3, 0.4) is 0 Å². The van der Waals surface area contributed by atoms with E-state index in [2.05, 4.69) is 15.9 Å². The summed E-state index contributed by atoms with van der Waals surface area (Å²) < 4.78 is 14.4. The van der Waals surface area contributed by atoms with E-state index in [0.717, 1.165) is 15.6 Å². The Morgan fingerprint density at radius 1 is 1.33 bits per heavy atom. The van der Waals surface area contributed by atoms with E-state index in [1.165, 1.54) is 11.8 Å². The van der Waals surface area contributed by atoms with Gasteiger partial charge >= 0.3 is 0 Å². The largest absolute Gasteiger partial charge is 0.205 e. The van der Waals surface area contributed by atoms with Crippen molar-refractivity contribution in [3.05, 3.63) is 27.5 Å². The highest BCUT2D eigenvalue weighted by Gasteiger charge is 2.09.